The summed E-state index contributed by atoms with van der Waals surface area (Å²) in [6.45, 7) is 6.72. The molecular weight excluding hydrogens is 444 g/mol. The van der Waals surface area contributed by atoms with Crippen molar-refractivity contribution in [1.29, 1.82) is 0 Å². The van der Waals surface area contributed by atoms with E-state index in [1.54, 1.807) is 11.0 Å². The molecule has 0 spiro atoms. The Balaban J connectivity index is 1.43. The van der Waals surface area contributed by atoms with Crippen LogP contribution in [0.2, 0.25) is 0 Å². The van der Waals surface area contributed by atoms with Crippen LogP contribution in [0, 0.1) is 0 Å². The van der Waals surface area contributed by atoms with Gasteiger partial charge in [-0.3, -0.25) is 0 Å². The SMILES string of the molecule is CC(C)(C)OC(=O)N1CCC(Oc2cccc(-c3nc4cc(S(C)(=O)=O)ccc4o3)c2)CC1. The van der Waals surface area contributed by atoms with Crippen LogP contribution < -0.4 is 4.74 Å². The number of hydrogen-bond acceptors (Lipinski definition) is 7. The quantitative estimate of drug-likeness (QED) is 0.544. The Bertz CT molecular complexity index is 1270. The maximum absolute atomic E-state index is 12.2. The lowest BCUT2D eigenvalue weighted by Crippen LogP contribution is -2.44. The second kappa shape index (κ2) is 8.70. The van der Waals surface area contributed by atoms with Crippen molar-refractivity contribution in [2.45, 2.75) is 50.2 Å². The molecule has 3 aromatic rings. The van der Waals surface area contributed by atoms with Crippen LogP contribution in [-0.4, -0.2) is 55.4 Å². The third-order valence-electron chi connectivity index (χ3n) is 5.26. The molecule has 176 valence electrons. The van der Waals surface area contributed by atoms with Gasteiger partial charge in [0.25, 0.3) is 0 Å². The summed E-state index contributed by atoms with van der Waals surface area (Å²) < 4.78 is 41.0. The molecule has 1 fully saturated rings. The topological polar surface area (TPSA) is 98.9 Å². The fraction of sp³-hybridized carbons (Fsp3) is 0.417. The maximum Gasteiger partial charge on any atom is 0.410 e. The third-order valence-corrected chi connectivity index (χ3v) is 6.37. The lowest BCUT2D eigenvalue weighted by atomic mass is 10.1. The van der Waals surface area contributed by atoms with E-state index in [1.807, 2.05) is 45.0 Å². The molecule has 0 unspecified atom stereocenters. The molecule has 33 heavy (non-hydrogen) atoms. The molecular formula is C24H28N2O6S. The highest BCUT2D eigenvalue weighted by molar-refractivity contribution is 7.90. The molecule has 9 heteroatoms. The average Bonchev–Trinajstić information content (AvgIpc) is 3.16. The molecule has 1 aromatic heterocycles. The summed E-state index contributed by atoms with van der Waals surface area (Å²) in [5, 5.41) is 0. The number of aromatic nitrogens is 1. The number of oxazole rings is 1. The van der Waals surface area contributed by atoms with Gasteiger partial charge < -0.3 is 18.8 Å². The minimum Gasteiger partial charge on any atom is -0.490 e. The zero-order chi connectivity index (χ0) is 23.8. The average molecular weight is 473 g/mol. The van der Waals surface area contributed by atoms with E-state index < -0.39 is 15.4 Å². The van der Waals surface area contributed by atoms with Crippen molar-refractivity contribution in [2.24, 2.45) is 0 Å². The second-order valence-corrected chi connectivity index (χ2v) is 11.2. The lowest BCUT2D eigenvalue weighted by molar-refractivity contribution is 0.0126. The summed E-state index contributed by atoms with van der Waals surface area (Å²) in [7, 11) is -3.33. The Labute approximate surface area is 193 Å². The number of amides is 1. The van der Waals surface area contributed by atoms with Gasteiger partial charge in [-0.15, -0.1) is 0 Å². The zero-order valence-corrected chi connectivity index (χ0v) is 20.0. The molecule has 0 saturated carbocycles. The molecule has 0 aliphatic carbocycles. The zero-order valence-electron chi connectivity index (χ0n) is 19.2. The van der Waals surface area contributed by atoms with Crippen molar-refractivity contribution in [3.8, 4) is 17.2 Å². The predicted octanol–water partition coefficient (Wildman–Crippen LogP) is 4.68. The first-order valence-electron chi connectivity index (χ1n) is 10.8. The maximum atomic E-state index is 12.2. The van der Waals surface area contributed by atoms with E-state index in [1.165, 1.54) is 12.1 Å². The number of sulfone groups is 1. The monoisotopic (exact) mass is 472 g/mol. The van der Waals surface area contributed by atoms with Crippen LogP contribution >= 0.6 is 0 Å². The second-order valence-electron chi connectivity index (χ2n) is 9.23. The summed E-state index contributed by atoms with van der Waals surface area (Å²) in [6.07, 6.45) is 2.27. The first kappa shape index (κ1) is 23.1. The van der Waals surface area contributed by atoms with Gasteiger partial charge in [0.05, 0.1) is 4.90 Å². The summed E-state index contributed by atoms with van der Waals surface area (Å²) >= 11 is 0. The van der Waals surface area contributed by atoms with Gasteiger partial charge in [-0.25, -0.2) is 18.2 Å². The van der Waals surface area contributed by atoms with Crippen molar-refractivity contribution < 1.29 is 27.1 Å². The highest BCUT2D eigenvalue weighted by Gasteiger charge is 2.27. The van der Waals surface area contributed by atoms with Gasteiger partial charge in [-0.2, -0.15) is 0 Å². The molecule has 2 heterocycles. The number of nitrogens with zero attached hydrogens (tertiary/aromatic N) is 2. The van der Waals surface area contributed by atoms with Crippen LogP contribution in [-0.2, 0) is 14.6 Å². The molecule has 4 rings (SSSR count). The Morgan fingerprint density at radius 2 is 1.85 bits per heavy atom. The minimum absolute atomic E-state index is 0.0140. The molecule has 2 aromatic carbocycles. The number of rotatable bonds is 4. The predicted molar refractivity (Wildman–Crippen MR) is 124 cm³/mol. The first-order valence-corrected chi connectivity index (χ1v) is 12.7. The Morgan fingerprint density at radius 1 is 1.12 bits per heavy atom. The number of likely N-dealkylation sites (tertiary alicyclic amines) is 1. The Kier molecular flexibility index (Phi) is 6.09. The van der Waals surface area contributed by atoms with Gasteiger partial charge in [0.1, 0.15) is 23.0 Å². The van der Waals surface area contributed by atoms with Crippen molar-refractivity contribution in [3.63, 3.8) is 0 Å². The Morgan fingerprint density at radius 3 is 2.52 bits per heavy atom. The summed E-state index contributed by atoms with van der Waals surface area (Å²) in [4.78, 5) is 18.6. The normalized spacial score (nSPS) is 15.6. The smallest absolute Gasteiger partial charge is 0.410 e. The fourth-order valence-electron chi connectivity index (χ4n) is 3.64. The number of piperidine rings is 1. The highest BCUT2D eigenvalue weighted by atomic mass is 32.2. The van der Waals surface area contributed by atoms with Gasteiger partial charge in [0.15, 0.2) is 15.4 Å². The molecule has 8 nitrogen and oxygen atoms in total. The summed E-state index contributed by atoms with van der Waals surface area (Å²) in [5.74, 6) is 1.07. The van der Waals surface area contributed by atoms with E-state index in [0.29, 0.717) is 48.7 Å². The number of hydrogen-bond donors (Lipinski definition) is 0. The van der Waals surface area contributed by atoms with E-state index in [4.69, 9.17) is 13.9 Å². The van der Waals surface area contributed by atoms with Crippen molar-refractivity contribution in [2.75, 3.05) is 19.3 Å². The van der Waals surface area contributed by atoms with E-state index in [0.717, 1.165) is 11.8 Å². The molecule has 0 atom stereocenters. The van der Waals surface area contributed by atoms with Crippen molar-refractivity contribution in [1.82, 2.24) is 9.88 Å². The van der Waals surface area contributed by atoms with E-state index in [9.17, 15) is 13.2 Å². The lowest BCUT2D eigenvalue weighted by Gasteiger charge is -2.33. The van der Waals surface area contributed by atoms with Crippen LogP contribution in [0.1, 0.15) is 33.6 Å². The summed E-state index contributed by atoms with van der Waals surface area (Å²) in [5.41, 5.74) is 1.21. The standard InChI is InChI=1S/C24H28N2O6S/c1-24(2,3)32-23(27)26-12-10-17(11-13-26)30-18-7-5-6-16(14-18)22-25-20-15-19(33(4,28)29)8-9-21(20)31-22/h5-9,14-15,17H,10-13H2,1-4H3. The van der Waals surface area contributed by atoms with Crippen molar-refractivity contribution >= 4 is 27.0 Å². The minimum atomic E-state index is -3.33. The number of fused-ring (bicyclic) bond motifs is 1. The van der Waals surface area contributed by atoms with Crippen LogP contribution in [0.25, 0.3) is 22.6 Å². The number of benzene rings is 2. The number of carbonyl (C=O) groups excluding carboxylic acids is 1. The third kappa shape index (κ3) is 5.65. The number of carbonyl (C=O) groups is 1. The van der Waals surface area contributed by atoms with Gasteiger partial charge in [0, 0.05) is 37.8 Å². The van der Waals surface area contributed by atoms with Gasteiger partial charge in [-0.05, 0) is 57.2 Å². The van der Waals surface area contributed by atoms with Crippen LogP contribution in [0.3, 0.4) is 0 Å². The largest absolute Gasteiger partial charge is 0.490 e. The van der Waals surface area contributed by atoms with Crippen LogP contribution in [0.4, 0.5) is 4.79 Å². The molecule has 1 aliphatic heterocycles. The van der Waals surface area contributed by atoms with Gasteiger partial charge in [0.2, 0.25) is 5.89 Å². The highest BCUT2D eigenvalue weighted by Crippen LogP contribution is 2.29. The fourth-order valence-corrected chi connectivity index (χ4v) is 4.28. The summed E-state index contributed by atoms with van der Waals surface area (Å²) in [6, 6.07) is 12.1. The first-order chi connectivity index (χ1) is 15.5. The van der Waals surface area contributed by atoms with E-state index >= 15 is 0 Å². The van der Waals surface area contributed by atoms with E-state index in [2.05, 4.69) is 4.98 Å². The molecule has 0 bridgehead atoms. The molecule has 0 N–H and O–H groups in total. The van der Waals surface area contributed by atoms with Gasteiger partial charge >= 0.3 is 6.09 Å². The number of ether oxygens (including phenoxy) is 2. The van der Waals surface area contributed by atoms with Crippen LogP contribution in [0.15, 0.2) is 51.8 Å². The molecule has 1 saturated heterocycles. The van der Waals surface area contributed by atoms with Crippen molar-refractivity contribution in [3.05, 3.63) is 42.5 Å². The molecule has 1 aliphatic rings. The van der Waals surface area contributed by atoms with E-state index in [-0.39, 0.29) is 17.1 Å². The Hall–Kier alpha value is -3.07. The van der Waals surface area contributed by atoms with Gasteiger partial charge in [-0.1, -0.05) is 6.07 Å². The molecule has 0 radical (unpaired) electrons. The van der Waals surface area contributed by atoms with Crippen LogP contribution in [0.5, 0.6) is 5.75 Å². The molecule has 1 amide bonds.